The minimum atomic E-state index is -0.906. The first-order valence-electron chi connectivity index (χ1n) is 5.86. The molecule has 0 spiro atoms. The molecule has 0 aromatic heterocycles. The third-order valence-corrected chi connectivity index (χ3v) is 3.05. The van der Waals surface area contributed by atoms with Gasteiger partial charge in [-0.25, -0.2) is 0 Å². The molecule has 0 saturated heterocycles. The van der Waals surface area contributed by atoms with Crippen molar-refractivity contribution in [3.63, 3.8) is 0 Å². The van der Waals surface area contributed by atoms with Crippen molar-refractivity contribution in [3.05, 3.63) is 28.2 Å². The van der Waals surface area contributed by atoms with Crippen LogP contribution in [0.15, 0.2) is 22.7 Å². The molecule has 0 aliphatic heterocycles. The molecular weight excluding hydrogens is 300 g/mol. The molecule has 5 heteroatoms. The monoisotopic (exact) mass is 316 g/mol. The molecule has 0 radical (unpaired) electrons. The van der Waals surface area contributed by atoms with Gasteiger partial charge in [-0.3, -0.25) is 4.79 Å². The molecule has 0 saturated carbocycles. The summed E-state index contributed by atoms with van der Waals surface area (Å²) < 4.78 is 6.26. The molecule has 0 fully saturated rings. The quantitative estimate of drug-likeness (QED) is 0.811. The van der Waals surface area contributed by atoms with Crippen molar-refractivity contribution < 1.29 is 19.7 Å². The van der Waals surface area contributed by atoms with E-state index in [2.05, 4.69) is 15.9 Å². The van der Waals surface area contributed by atoms with E-state index in [1.807, 2.05) is 6.92 Å². The van der Waals surface area contributed by atoms with E-state index in [-0.39, 0.29) is 12.8 Å². The van der Waals surface area contributed by atoms with E-state index >= 15 is 0 Å². The standard InChI is InChI=1S/C13H17BrO4/c1-2-7-18-12-5-3-9(8-10(12)14)11(15)4-6-13(16)17/h3,5,8,11,15H,2,4,6-7H2,1H3,(H,16,17)/t11-/m0/s1. The van der Waals surface area contributed by atoms with Gasteiger partial charge in [0.15, 0.2) is 0 Å². The van der Waals surface area contributed by atoms with Gasteiger partial charge in [0, 0.05) is 6.42 Å². The number of carboxylic acid groups (broad SMARTS) is 1. The molecule has 0 heterocycles. The Morgan fingerprint density at radius 3 is 2.78 bits per heavy atom. The molecule has 4 nitrogen and oxygen atoms in total. The fourth-order valence-corrected chi connectivity index (χ4v) is 1.99. The number of aliphatic hydroxyl groups excluding tert-OH is 1. The highest BCUT2D eigenvalue weighted by Gasteiger charge is 2.12. The van der Waals surface area contributed by atoms with Gasteiger partial charge in [0.05, 0.1) is 17.2 Å². The van der Waals surface area contributed by atoms with E-state index in [1.165, 1.54) is 0 Å². The van der Waals surface area contributed by atoms with Crippen molar-refractivity contribution in [1.29, 1.82) is 0 Å². The van der Waals surface area contributed by atoms with Crippen LogP contribution in [0.3, 0.4) is 0 Å². The molecule has 0 bridgehead atoms. The van der Waals surface area contributed by atoms with E-state index in [0.29, 0.717) is 12.2 Å². The zero-order valence-electron chi connectivity index (χ0n) is 10.2. The molecule has 1 aromatic carbocycles. The van der Waals surface area contributed by atoms with Crippen LogP contribution < -0.4 is 4.74 Å². The summed E-state index contributed by atoms with van der Waals surface area (Å²) in [6.07, 6.45) is 0.316. The molecular formula is C13H17BrO4. The lowest BCUT2D eigenvalue weighted by molar-refractivity contribution is -0.137. The summed E-state index contributed by atoms with van der Waals surface area (Å²) >= 11 is 3.37. The van der Waals surface area contributed by atoms with Crippen LogP contribution in [-0.2, 0) is 4.79 Å². The number of benzene rings is 1. The van der Waals surface area contributed by atoms with Gasteiger partial charge >= 0.3 is 5.97 Å². The van der Waals surface area contributed by atoms with Crippen LogP contribution in [0.4, 0.5) is 0 Å². The second kappa shape index (κ2) is 7.38. The Balaban J connectivity index is 2.67. The van der Waals surface area contributed by atoms with Gasteiger partial charge in [-0.2, -0.15) is 0 Å². The number of hydrogen-bond donors (Lipinski definition) is 2. The fourth-order valence-electron chi connectivity index (χ4n) is 1.48. The first kappa shape index (κ1) is 15.0. The third kappa shape index (κ3) is 4.66. The van der Waals surface area contributed by atoms with E-state index in [1.54, 1.807) is 18.2 Å². The lowest BCUT2D eigenvalue weighted by Crippen LogP contribution is -2.03. The first-order valence-corrected chi connectivity index (χ1v) is 6.66. The summed E-state index contributed by atoms with van der Waals surface area (Å²) in [5.74, 6) is -0.179. The Morgan fingerprint density at radius 1 is 1.50 bits per heavy atom. The number of hydrogen-bond acceptors (Lipinski definition) is 3. The average molecular weight is 317 g/mol. The molecule has 2 N–H and O–H groups in total. The molecule has 1 atom stereocenters. The van der Waals surface area contributed by atoms with E-state index in [0.717, 1.165) is 16.6 Å². The second-order valence-electron chi connectivity index (χ2n) is 3.99. The van der Waals surface area contributed by atoms with Gasteiger partial charge < -0.3 is 14.9 Å². The van der Waals surface area contributed by atoms with E-state index in [4.69, 9.17) is 9.84 Å². The Morgan fingerprint density at radius 2 is 2.22 bits per heavy atom. The summed E-state index contributed by atoms with van der Waals surface area (Å²) in [4.78, 5) is 10.4. The highest BCUT2D eigenvalue weighted by Crippen LogP contribution is 2.29. The maximum absolute atomic E-state index is 10.4. The van der Waals surface area contributed by atoms with Crippen molar-refractivity contribution in [2.75, 3.05) is 6.61 Å². The zero-order valence-corrected chi connectivity index (χ0v) is 11.8. The first-order chi connectivity index (χ1) is 8.54. The predicted molar refractivity (Wildman–Crippen MR) is 71.8 cm³/mol. The van der Waals surface area contributed by atoms with Crippen LogP contribution in [0.25, 0.3) is 0 Å². The van der Waals surface area contributed by atoms with Crippen molar-refractivity contribution in [1.82, 2.24) is 0 Å². The topological polar surface area (TPSA) is 66.8 Å². The summed E-state index contributed by atoms with van der Waals surface area (Å²) in [6.45, 7) is 2.66. The maximum atomic E-state index is 10.4. The molecule has 100 valence electrons. The van der Waals surface area contributed by atoms with E-state index in [9.17, 15) is 9.90 Å². The average Bonchev–Trinajstić information content (AvgIpc) is 2.34. The summed E-state index contributed by atoms with van der Waals surface area (Å²) in [6, 6.07) is 5.29. The van der Waals surface area contributed by atoms with Gasteiger partial charge in [-0.15, -0.1) is 0 Å². The third-order valence-electron chi connectivity index (χ3n) is 2.43. The maximum Gasteiger partial charge on any atom is 0.303 e. The number of carbonyl (C=O) groups is 1. The molecule has 0 aliphatic rings. The Kier molecular flexibility index (Phi) is 6.15. The molecule has 0 unspecified atom stereocenters. The van der Waals surface area contributed by atoms with E-state index < -0.39 is 12.1 Å². The van der Waals surface area contributed by atoms with Crippen molar-refractivity contribution in [2.24, 2.45) is 0 Å². The van der Waals surface area contributed by atoms with Crippen LogP contribution in [-0.4, -0.2) is 22.8 Å². The Labute approximate surface area is 115 Å². The number of rotatable bonds is 7. The fraction of sp³-hybridized carbons (Fsp3) is 0.462. The SMILES string of the molecule is CCCOc1ccc([C@@H](O)CCC(=O)O)cc1Br. The molecule has 0 amide bonds. The van der Waals surface area contributed by atoms with Gasteiger partial charge in [0.1, 0.15) is 5.75 Å². The lowest BCUT2D eigenvalue weighted by Gasteiger charge is -2.12. The largest absolute Gasteiger partial charge is 0.492 e. The van der Waals surface area contributed by atoms with Crippen LogP contribution >= 0.6 is 15.9 Å². The van der Waals surface area contributed by atoms with Crippen molar-refractivity contribution >= 4 is 21.9 Å². The smallest absolute Gasteiger partial charge is 0.303 e. The van der Waals surface area contributed by atoms with Crippen LogP contribution in [0.1, 0.15) is 37.9 Å². The molecule has 1 aromatic rings. The van der Waals surface area contributed by atoms with Crippen molar-refractivity contribution in [3.8, 4) is 5.75 Å². The number of aliphatic carboxylic acids is 1. The van der Waals surface area contributed by atoms with Crippen LogP contribution in [0.5, 0.6) is 5.75 Å². The summed E-state index contributed by atoms with van der Waals surface area (Å²) in [5.41, 5.74) is 0.687. The van der Waals surface area contributed by atoms with Crippen LogP contribution in [0, 0.1) is 0 Å². The van der Waals surface area contributed by atoms with Gasteiger partial charge in [-0.05, 0) is 46.5 Å². The lowest BCUT2D eigenvalue weighted by atomic mass is 10.0. The number of ether oxygens (including phenoxy) is 1. The van der Waals surface area contributed by atoms with Gasteiger partial charge in [0.2, 0.25) is 0 Å². The van der Waals surface area contributed by atoms with Gasteiger partial charge in [0.25, 0.3) is 0 Å². The Hall–Kier alpha value is -1.07. The number of aliphatic hydroxyl groups is 1. The number of carboxylic acids is 1. The molecule has 0 aliphatic carbocycles. The minimum Gasteiger partial charge on any atom is -0.492 e. The zero-order chi connectivity index (χ0) is 13.5. The normalized spacial score (nSPS) is 12.2. The number of halogens is 1. The van der Waals surface area contributed by atoms with Crippen LogP contribution in [0.2, 0.25) is 0 Å². The highest BCUT2D eigenvalue weighted by atomic mass is 79.9. The highest BCUT2D eigenvalue weighted by molar-refractivity contribution is 9.10. The van der Waals surface area contributed by atoms with Gasteiger partial charge in [-0.1, -0.05) is 13.0 Å². The summed E-state index contributed by atoms with van der Waals surface area (Å²) in [7, 11) is 0. The predicted octanol–water partition coefficient (Wildman–Crippen LogP) is 3.14. The Bertz CT molecular complexity index is 406. The second-order valence-corrected chi connectivity index (χ2v) is 4.84. The summed E-state index contributed by atoms with van der Waals surface area (Å²) in [5, 5.41) is 18.4. The molecule has 1 rings (SSSR count). The molecule has 18 heavy (non-hydrogen) atoms. The van der Waals surface area contributed by atoms with Crippen molar-refractivity contribution in [2.45, 2.75) is 32.3 Å². The minimum absolute atomic E-state index is 0.0487.